The number of anilines is 1. The molecule has 0 aliphatic rings. The number of H-pyrrole nitrogens is 1. The van der Waals surface area contributed by atoms with Crippen molar-refractivity contribution in [1.29, 1.82) is 0 Å². The second-order valence-electron chi connectivity index (χ2n) is 5.68. The molecule has 1 unspecified atom stereocenters. The Morgan fingerprint density at radius 1 is 1.20 bits per heavy atom. The molecule has 0 saturated heterocycles. The Kier molecular flexibility index (Phi) is 5.03. The number of methoxy groups -OCH3 is 1. The zero-order chi connectivity index (χ0) is 17.6. The summed E-state index contributed by atoms with van der Waals surface area (Å²) in [6, 6.07) is 15.2. The number of para-hydroxylation sites is 1. The Bertz CT molecular complexity index is 831. The molecule has 7 nitrogen and oxygen atoms in total. The van der Waals surface area contributed by atoms with E-state index in [0.29, 0.717) is 12.2 Å². The van der Waals surface area contributed by atoms with Crippen molar-refractivity contribution in [2.45, 2.75) is 19.3 Å². The number of hydrogen-bond acceptors (Lipinski definition) is 5. The quantitative estimate of drug-likeness (QED) is 0.721. The number of carbonyl (C=O) groups is 1. The summed E-state index contributed by atoms with van der Waals surface area (Å²) in [7, 11) is 1.62. The Hall–Kier alpha value is -3.22. The number of rotatable bonds is 6. The first-order valence-corrected chi connectivity index (χ1v) is 7.90. The molecular weight excluding hydrogens is 318 g/mol. The molecule has 3 aromatic rings. The van der Waals surface area contributed by atoms with Crippen LogP contribution in [0.3, 0.4) is 0 Å². The molecule has 0 bridgehead atoms. The lowest BCUT2D eigenvalue weighted by molar-refractivity contribution is -0.117. The van der Waals surface area contributed by atoms with Crippen LogP contribution in [0.15, 0.2) is 48.5 Å². The van der Waals surface area contributed by atoms with E-state index in [-0.39, 0.29) is 5.91 Å². The van der Waals surface area contributed by atoms with Gasteiger partial charge in [0, 0.05) is 5.69 Å². The number of ether oxygens (including phenoxy) is 1. The van der Waals surface area contributed by atoms with E-state index in [2.05, 4.69) is 25.9 Å². The lowest BCUT2D eigenvalue weighted by Crippen LogP contribution is -2.24. The summed E-state index contributed by atoms with van der Waals surface area (Å²) in [5.41, 5.74) is 2.75. The SMILES string of the molecule is COc1ccc(CC(C(=O)Nc2ccccc2C)c2nn[nH]n2)cc1. The summed E-state index contributed by atoms with van der Waals surface area (Å²) < 4.78 is 5.17. The highest BCUT2D eigenvalue weighted by Gasteiger charge is 2.25. The van der Waals surface area contributed by atoms with Gasteiger partial charge >= 0.3 is 0 Å². The second-order valence-corrected chi connectivity index (χ2v) is 5.68. The summed E-state index contributed by atoms with van der Waals surface area (Å²) in [6.07, 6.45) is 0.460. The van der Waals surface area contributed by atoms with Crippen molar-refractivity contribution < 1.29 is 9.53 Å². The van der Waals surface area contributed by atoms with Gasteiger partial charge in [0.1, 0.15) is 11.7 Å². The summed E-state index contributed by atoms with van der Waals surface area (Å²) in [5.74, 6) is 0.407. The van der Waals surface area contributed by atoms with Crippen LogP contribution in [0.5, 0.6) is 5.75 Å². The van der Waals surface area contributed by atoms with Crippen molar-refractivity contribution in [3.63, 3.8) is 0 Å². The van der Waals surface area contributed by atoms with Gasteiger partial charge in [0.2, 0.25) is 5.91 Å². The van der Waals surface area contributed by atoms with E-state index in [4.69, 9.17) is 4.74 Å². The Morgan fingerprint density at radius 2 is 1.96 bits per heavy atom. The molecule has 7 heteroatoms. The van der Waals surface area contributed by atoms with E-state index >= 15 is 0 Å². The monoisotopic (exact) mass is 337 g/mol. The minimum Gasteiger partial charge on any atom is -0.497 e. The van der Waals surface area contributed by atoms with E-state index in [9.17, 15) is 4.79 Å². The summed E-state index contributed by atoms with van der Waals surface area (Å²) in [6.45, 7) is 1.95. The van der Waals surface area contributed by atoms with Crippen LogP contribution in [-0.2, 0) is 11.2 Å². The number of carbonyl (C=O) groups excluding carboxylic acids is 1. The van der Waals surface area contributed by atoms with Crippen LogP contribution < -0.4 is 10.1 Å². The highest BCUT2D eigenvalue weighted by Crippen LogP contribution is 2.22. The molecule has 0 saturated carbocycles. The molecule has 3 rings (SSSR count). The smallest absolute Gasteiger partial charge is 0.235 e. The molecule has 0 fully saturated rings. The van der Waals surface area contributed by atoms with Gasteiger partial charge in [-0.3, -0.25) is 4.79 Å². The second kappa shape index (κ2) is 7.57. The highest BCUT2D eigenvalue weighted by atomic mass is 16.5. The predicted molar refractivity (Wildman–Crippen MR) is 93.4 cm³/mol. The fourth-order valence-electron chi connectivity index (χ4n) is 2.55. The molecule has 1 amide bonds. The first-order valence-electron chi connectivity index (χ1n) is 7.90. The highest BCUT2D eigenvalue weighted by molar-refractivity contribution is 5.96. The number of aryl methyl sites for hydroxylation is 1. The van der Waals surface area contributed by atoms with Gasteiger partial charge in [0.05, 0.1) is 7.11 Å². The van der Waals surface area contributed by atoms with E-state index in [1.165, 1.54) is 0 Å². The van der Waals surface area contributed by atoms with Crippen LogP contribution in [0.4, 0.5) is 5.69 Å². The molecule has 0 aliphatic heterocycles. The van der Waals surface area contributed by atoms with Crippen LogP contribution in [0.25, 0.3) is 0 Å². The van der Waals surface area contributed by atoms with Crippen LogP contribution in [0, 0.1) is 6.92 Å². The molecule has 25 heavy (non-hydrogen) atoms. The standard InChI is InChI=1S/C18H19N5O2/c1-12-5-3-4-6-16(12)19-18(24)15(17-20-22-23-21-17)11-13-7-9-14(25-2)10-8-13/h3-10,15H,11H2,1-2H3,(H,19,24)(H,20,21,22,23). The Labute approximate surface area is 145 Å². The lowest BCUT2D eigenvalue weighted by atomic mass is 9.97. The molecule has 0 aliphatic carbocycles. The number of aromatic nitrogens is 4. The fraction of sp³-hybridized carbons (Fsp3) is 0.222. The van der Waals surface area contributed by atoms with Crippen molar-refractivity contribution in [1.82, 2.24) is 20.6 Å². The van der Waals surface area contributed by atoms with Crippen molar-refractivity contribution in [3.8, 4) is 5.75 Å². The Morgan fingerprint density at radius 3 is 2.60 bits per heavy atom. The molecular formula is C18H19N5O2. The number of tetrazole rings is 1. The third-order valence-corrected chi connectivity index (χ3v) is 3.99. The molecule has 1 aromatic heterocycles. The largest absolute Gasteiger partial charge is 0.497 e. The third-order valence-electron chi connectivity index (χ3n) is 3.99. The summed E-state index contributed by atoms with van der Waals surface area (Å²) in [4.78, 5) is 12.8. The van der Waals surface area contributed by atoms with Crippen LogP contribution in [0.1, 0.15) is 22.9 Å². The van der Waals surface area contributed by atoms with Crippen molar-refractivity contribution in [2.24, 2.45) is 0 Å². The van der Waals surface area contributed by atoms with Crippen molar-refractivity contribution in [3.05, 3.63) is 65.5 Å². The van der Waals surface area contributed by atoms with Crippen LogP contribution in [0.2, 0.25) is 0 Å². The molecule has 1 atom stereocenters. The third kappa shape index (κ3) is 4.00. The number of benzene rings is 2. The average molecular weight is 337 g/mol. The van der Waals surface area contributed by atoms with Gasteiger partial charge in [-0.05, 0) is 42.7 Å². The van der Waals surface area contributed by atoms with E-state index in [1.807, 2.05) is 55.5 Å². The fourth-order valence-corrected chi connectivity index (χ4v) is 2.55. The van der Waals surface area contributed by atoms with Crippen molar-refractivity contribution >= 4 is 11.6 Å². The average Bonchev–Trinajstić information content (AvgIpc) is 3.16. The van der Waals surface area contributed by atoms with E-state index in [0.717, 1.165) is 22.6 Å². The van der Waals surface area contributed by atoms with Gasteiger partial charge in [-0.25, -0.2) is 0 Å². The molecule has 0 spiro atoms. The zero-order valence-corrected chi connectivity index (χ0v) is 14.1. The summed E-state index contributed by atoms with van der Waals surface area (Å²) >= 11 is 0. The number of aromatic amines is 1. The number of hydrogen-bond donors (Lipinski definition) is 2. The molecule has 128 valence electrons. The van der Waals surface area contributed by atoms with Gasteiger partial charge in [-0.2, -0.15) is 5.21 Å². The van der Waals surface area contributed by atoms with Crippen molar-refractivity contribution in [2.75, 3.05) is 12.4 Å². The Balaban J connectivity index is 1.82. The van der Waals surface area contributed by atoms with Crippen LogP contribution in [-0.4, -0.2) is 33.6 Å². The van der Waals surface area contributed by atoms with E-state index < -0.39 is 5.92 Å². The maximum absolute atomic E-state index is 12.8. The van der Waals surface area contributed by atoms with Gasteiger partial charge in [-0.1, -0.05) is 35.5 Å². The minimum atomic E-state index is -0.549. The van der Waals surface area contributed by atoms with Gasteiger partial charge < -0.3 is 10.1 Å². The van der Waals surface area contributed by atoms with E-state index in [1.54, 1.807) is 7.11 Å². The van der Waals surface area contributed by atoms with Gasteiger partial charge in [0.15, 0.2) is 5.82 Å². The van der Waals surface area contributed by atoms with Gasteiger partial charge in [0.25, 0.3) is 0 Å². The number of amides is 1. The molecule has 2 N–H and O–H groups in total. The molecule has 0 radical (unpaired) electrons. The number of nitrogens with one attached hydrogen (secondary N) is 2. The topological polar surface area (TPSA) is 92.8 Å². The van der Waals surface area contributed by atoms with Gasteiger partial charge in [-0.15, -0.1) is 10.2 Å². The lowest BCUT2D eigenvalue weighted by Gasteiger charge is -2.15. The molecule has 2 aromatic carbocycles. The maximum Gasteiger partial charge on any atom is 0.235 e. The first-order chi connectivity index (χ1) is 12.2. The predicted octanol–water partition coefficient (Wildman–Crippen LogP) is 2.48. The minimum absolute atomic E-state index is 0.175. The maximum atomic E-state index is 12.8. The normalized spacial score (nSPS) is 11.8. The molecule has 1 heterocycles. The van der Waals surface area contributed by atoms with Crippen LogP contribution >= 0.6 is 0 Å². The first kappa shape index (κ1) is 16.6. The number of nitrogens with zero attached hydrogens (tertiary/aromatic N) is 3. The zero-order valence-electron chi connectivity index (χ0n) is 14.1. The summed E-state index contributed by atoms with van der Waals surface area (Å²) in [5, 5.41) is 17.0.